The minimum atomic E-state index is -0.498. The number of ether oxygens (including phenoxy) is 1. The molecule has 0 aliphatic carbocycles. The van der Waals surface area contributed by atoms with Gasteiger partial charge in [0.2, 0.25) is 0 Å². The molecule has 11 heavy (non-hydrogen) atoms. The molecule has 60 valence electrons. The number of alkyl halides is 1. The van der Waals surface area contributed by atoms with E-state index >= 15 is 0 Å². The van der Waals surface area contributed by atoms with E-state index in [1.54, 1.807) is 12.1 Å². The first-order valence-electron chi connectivity index (χ1n) is 3.23. The average Bonchev–Trinajstić information content (AvgIpc) is 2.01. The van der Waals surface area contributed by atoms with Gasteiger partial charge in [-0.2, -0.15) is 0 Å². The van der Waals surface area contributed by atoms with E-state index in [-0.39, 0.29) is 6.61 Å². The molecule has 1 heterocycles. The summed E-state index contributed by atoms with van der Waals surface area (Å²) in [6, 6.07) is 3.18. The number of halogens is 1. The number of rotatable bonds is 3. The number of hydrogen-bond acceptors (Lipinski definition) is 3. The van der Waals surface area contributed by atoms with Gasteiger partial charge >= 0.3 is 0 Å². The van der Waals surface area contributed by atoms with E-state index in [1.165, 1.54) is 6.20 Å². The van der Waals surface area contributed by atoms with Crippen LogP contribution in [0.25, 0.3) is 0 Å². The Hall–Kier alpha value is -1.32. The number of nitrogens with two attached hydrogens (primary N) is 1. The fraction of sp³-hybridized carbons (Fsp3) is 0.286. The molecule has 1 aromatic rings. The summed E-state index contributed by atoms with van der Waals surface area (Å²) in [4.78, 5) is 3.75. The second-order valence-electron chi connectivity index (χ2n) is 1.95. The molecule has 0 aliphatic rings. The molecule has 0 saturated carbocycles. The molecule has 0 aromatic carbocycles. The number of nitrogens with zero attached hydrogens (tertiary/aromatic N) is 1. The number of anilines is 1. The van der Waals surface area contributed by atoms with Crippen LogP contribution < -0.4 is 10.5 Å². The molecule has 0 bridgehead atoms. The van der Waals surface area contributed by atoms with E-state index in [0.717, 1.165) is 0 Å². The van der Waals surface area contributed by atoms with Gasteiger partial charge in [0.25, 0.3) is 0 Å². The highest BCUT2D eigenvalue weighted by Crippen LogP contribution is 2.11. The molecule has 0 radical (unpaired) electrons. The van der Waals surface area contributed by atoms with Gasteiger partial charge in [-0.1, -0.05) is 0 Å². The molecule has 0 amide bonds. The first-order chi connectivity index (χ1) is 5.33. The molecule has 2 N–H and O–H groups in total. The normalized spacial score (nSPS) is 9.55. The second kappa shape index (κ2) is 3.75. The van der Waals surface area contributed by atoms with Gasteiger partial charge in [0.05, 0.1) is 0 Å². The Morgan fingerprint density at radius 2 is 2.45 bits per heavy atom. The molecule has 0 atom stereocenters. The van der Waals surface area contributed by atoms with E-state index in [2.05, 4.69) is 4.98 Å². The molecule has 4 heteroatoms. The summed E-state index contributed by atoms with van der Waals surface area (Å²) < 4.78 is 16.5. The van der Waals surface area contributed by atoms with E-state index < -0.39 is 6.67 Å². The highest BCUT2D eigenvalue weighted by Gasteiger charge is 1.92. The zero-order chi connectivity index (χ0) is 8.10. The van der Waals surface area contributed by atoms with Crippen LogP contribution in [0.15, 0.2) is 18.3 Å². The van der Waals surface area contributed by atoms with Gasteiger partial charge in [0, 0.05) is 12.3 Å². The van der Waals surface area contributed by atoms with Crippen molar-refractivity contribution >= 4 is 5.82 Å². The van der Waals surface area contributed by atoms with Crippen molar-refractivity contribution in [1.29, 1.82) is 0 Å². The van der Waals surface area contributed by atoms with Crippen molar-refractivity contribution in [3.8, 4) is 5.75 Å². The van der Waals surface area contributed by atoms with Crippen LogP contribution in [0, 0.1) is 0 Å². The predicted octanol–water partition coefficient (Wildman–Crippen LogP) is 1.01. The van der Waals surface area contributed by atoms with Gasteiger partial charge in [0.15, 0.2) is 0 Å². The van der Waals surface area contributed by atoms with Crippen LogP contribution in [0.1, 0.15) is 0 Å². The van der Waals surface area contributed by atoms with Gasteiger partial charge < -0.3 is 10.5 Å². The zero-order valence-corrected chi connectivity index (χ0v) is 5.96. The Morgan fingerprint density at radius 1 is 1.64 bits per heavy atom. The maximum Gasteiger partial charge on any atom is 0.126 e. The Labute approximate surface area is 64.0 Å². The molecule has 0 saturated heterocycles. The minimum absolute atomic E-state index is 0.0590. The second-order valence-corrected chi connectivity index (χ2v) is 1.95. The standard InChI is InChI=1S/C7H9FN2O/c8-2-4-11-6-1-3-10-7(9)5-6/h1,3,5H,2,4H2,(H2,9,10). The van der Waals surface area contributed by atoms with Crippen molar-refractivity contribution in [2.24, 2.45) is 0 Å². The predicted molar refractivity (Wildman–Crippen MR) is 40.1 cm³/mol. The van der Waals surface area contributed by atoms with Gasteiger partial charge in [0.1, 0.15) is 24.8 Å². The van der Waals surface area contributed by atoms with Gasteiger partial charge in [-0.15, -0.1) is 0 Å². The van der Waals surface area contributed by atoms with Crippen LogP contribution in [0.2, 0.25) is 0 Å². The fourth-order valence-corrected chi connectivity index (χ4v) is 0.674. The maximum absolute atomic E-state index is 11.6. The summed E-state index contributed by atoms with van der Waals surface area (Å²) in [5.41, 5.74) is 5.35. The molecule has 1 aromatic heterocycles. The van der Waals surface area contributed by atoms with Crippen LogP contribution in [0.3, 0.4) is 0 Å². The molecular weight excluding hydrogens is 147 g/mol. The highest BCUT2D eigenvalue weighted by molar-refractivity contribution is 5.35. The van der Waals surface area contributed by atoms with Crippen molar-refractivity contribution in [1.82, 2.24) is 4.98 Å². The first kappa shape index (κ1) is 7.78. The van der Waals surface area contributed by atoms with Crippen molar-refractivity contribution in [3.63, 3.8) is 0 Å². The van der Waals surface area contributed by atoms with Crippen molar-refractivity contribution in [2.75, 3.05) is 19.0 Å². The van der Waals surface area contributed by atoms with E-state index in [9.17, 15) is 4.39 Å². The molecule has 0 spiro atoms. The van der Waals surface area contributed by atoms with Crippen LogP contribution in [0.4, 0.5) is 10.2 Å². The SMILES string of the molecule is Nc1cc(OCCF)ccn1. The lowest BCUT2D eigenvalue weighted by Crippen LogP contribution is -1.99. The summed E-state index contributed by atoms with van der Waals surface area (Å²) in [6.07, 6.45) is 1.52. The first-order valence-corrected chi connectivity index (χ1v) is 3.23. The fourth-order valence-electron chi connectivity index (χ4n) is 0.674. The number of aromatic nitrogens is 1. The largest absolute Gasteiger partial charge is 0.491 e. The highest BCUT2D eigenvalue weighted by atomic mass is 19.1. The lowest BCUT2D eigenvalue weighted by Gasteiger charge is -2.02. The van der Waals surface area contributed by atoms with Crippen LogP contribution in [-0.4, -0.2) is 18.3 Å². The third-order valence-electron chi connectivity index (χ3n) is 1.10. The van der Waals surface area contributed by atoms with E-state index in [0.29, 0.717) is 11.6 Å². The van der Waals surface area contributed by atoms with Crippen LogP contribution in [-0.2, 0) is 0 Å². The molecule has 3 nitrogen and oxygen atoms in total. The molecular formula is C7H9FN2O. The summed E-state index contributed by atoms with van der Waals surface area (Å²) >= 11 is 0. The molecule has 0 aliphatic heterocycles. The zero-order valence-electron chi connectivity index (χ0n) is 5.96. The minimum Gasteiger partial charge on any atom is -0.491 e. The summed E-state index contributed by atoms with van der Waals surface area (Å²) in [7, 11) is 0. The Balaban J connectivity index is 2.56. The summed E-state index contributed by atoms with van der Waals surface area (Å²) in [6.45, 7) is -0.439. The Bertz CT molecular complexity index is 229. The Kier molecular flexibility index (Phi) is 2.66. The molecule has 1 rings (SSSR count). The Morgan fingerprint density at radius 3 is 3.09 bits per heavy atom. The van der Waals surface area contributed by atoms with Crippen molar-refractivity contribution in [3.05, 3.63) is 18.3 Å². The summed E-state index contributed by atoms with van der Waals surface area (Å²) in [5, 5.41) is 0. The quantitative estimate of drug-likeness (QED) is 0.710. The van der Waals surface area contributed by atoms with Gasteiger partial charge in [-0.25, -0.2) is 9.37 Å². The monoisotopic (exact) mass is 156 g/mol. The van der Waals surface area contributed by atoms with Crippen molar-refractivity contribution in [2.45, 2.75) is 0 Å². The van der Waals surface area contributed by atoms with Crippen LogP contribution >= 0.6 is 0 Å². The van der Waals surface area contributed by atoms with Gasteiger partial charge in [-0.05, 0) is 6.07 Å². The van der Waals surface area contributed by atoms with Gasteiger partial charge in [-0.3, -0.25) is 0 Å². The van der Waals surface area contributed by atoms with E-state index in [1.807, 2.05) is 0 Å². The lowest BCUT2D eigenvalue weighted by molar-refractivity contribution is 0.273. The van der Waals surface area contributed by atoms with E-state index in [4.69, 9.17) is 10.5 Å². The maximum atomic E-state index is 11.6. The number of pyridine rings is 1. The smallest absolute Gasteiger partial charge is 0.126 e. The average molecular weight is 156 g/mol. The van der Waals surface area contributed by atoms with Crippen molar-refractivity contribution < 1.29 is 9.13 Å². The third-order valence-corrected chi connectivity index (χ3v) is 1.10. The topological polar surface area (TPSA) is 48.1 Å². The third kappa shape index (κ3) is 2.41. The van der Waals surface area contributed by atoms with Crippen LogP contribution in [0.5, 0.6) is 5.75 Å². The summed E-state index contributed by atoms with van der Waals surface area (Å²) in [5.74, 6) is 0.927. The number of hydrogen-bond donors (Lipinski definition) is 1. The molecule has 0 fully saturated rings. The number of nitrogen functional groups attached to an aromatic ring is 1. The lowest BCUT2D eigenvalue weighted by atomic mass is 10.4. The molecule has 0 unspecified atom stereocenters.